The van der Waals surface area contributed by atoms with Crippen LogP contribution in [-0.4, -0.2) is 47.4 Å². The van der Waals surface area contributed by atoms with Crippen molar-refractivity contribution in [3.05, 3.63) is 24.3 Å². The van der Waals surface area contributed by atoms with Crippen LogP contribution < -0.4 is 5.32 Å². The van der Waals surface area contributed by atoms with Crippen molar-refractivity contribution < 1.29 is 24.5 Å². The van der Waals surface area contributed by atoms with Gasteiger partial charge in [0.25, 0.3) is 0 Å². The van der Waals surface area contributed by atoms with Gasteiger partial charge in [0.2, 0.25) is 5.91 Å². The van der Waals surface area contributed by atoms with Gasteiger partial charge in [0.15, 0.2) is 0 Å². The topological polar surface area (TPSA) is 95.9 Å². The van der Waals surface area contributed by atoms with E-state index in [1.807, 2.05) is 6.08 Å². The van der Waals surface area contributed by atoms with E-state index in [-0.39, 0.29) is 18.5 Å². The summed E-state index contributed by atoms with van der Waals surface area (Å²) in [5.41, 5.74) is 0. The van der Waals surface area contributed by atoms with Crippen molar-refractivity contribution in [1.82, 2.24) is 5.32 Å². The number of nitrogens with one attached hydrogen (secondary N) is 1. The summed E-state index contributed by atoms with van der Waals surface area (Å²) in [6, 6.07) is -0.624. The first-order valence-electron chi connectivity index (χ1n) is 32.1. The smallest absolute Gasteiger partial charge is 0.305 e. The van der Waals surface area contributed by atoms with Crippen LogP contribution in [0.5, 0.6) is 0 Å². The van der Waals surface area contributed by atoms with Gasteiger partial charge in [-0.3, -0.25) is 9.59 Å². The quantitative estimate of drug-likeness (QED) is 0.0320. The Labute approximate surface area is 443 Å². The largest absolute Gasteiger partial charge is 0.466 e. The van der Waals surface area contributed by atoms with Crippen LogP contribution in [0.4, 0.5) is 0 Å². The van der Waals surface area contributed by atoms with Gasteiger partial charge in [0.1, 0.15) is 0 Å². The van der Waals surface area contributed by atoms with Gasteiger partial charge in [0.05, 0.1) is 25.4 Å². The molecule has 0 saturated carbocycles. The van der Waals surface area contributed by atoms with Crippen LogP contribution in [-0.2, 0) is 14.3 Å². The minimum absolute atomic E-state index is 0.0158. The highest BCUT2D eigenvalue weighted by molar-refractivity contribution is 5.76. The van der Waals surface area contributed by atoms with Crippen LogP contribution in [0.15, 0.2) is 24.3 Å². The summed E-state index contributed by atoms with van der Waals surface area (Å²) >= 11 is 0. The molecule has 0 spiro atoms. The molecule has 0 rings (SSSR count). The summed E-state index contributed by atoms with van der Waals surface area (Å²) in [6.07, 6.45) is 75.3. The molecular formula is C65H125NO5. The maximum Gasteiger partial charge on any atom is 0.305 e. The molecule has 0 aliphatic carbocycles. The number of rotatable bonds is 60. The lowest BCUT2D eigenvalue weighted by Crippen LogP contribution is -2.45. The van der Waals surface area contributed by atoms with Crippen LogP contribution in [0.25, 0.3) is 0 Å². The van der Waals surface area contributed by atoms with Gasteiger partial charge in [-0.2, -0.15) is 0 Å². The lowest BCUT2D eigenvalue weighted by molar-refractivity contribution is -0.143. The first kappa shape index (κ1) is 69.3. The predicted molar refractivity (Wildman–Crippen MR) is 310 cm³/mol. The van der Waals surface area contributed by atoms with Crippen molar-refractivity contribution in [3.8, 4) is 0 Å². The number of aliphatic hydroxyl groups is 2. The molecule has 0 aliphatic rings. The number of carbonyl (C=O) groups excluding carboxylic acids is 2. The minimum Gasteiger partial charge on any atom is -0.466 e. The van der Waals surface area contributed by atoms with Crippen molar-refractivity contribution in [2.45, 2.75) is 366 Å². The SMILES string of the molecule is CCCCCCCC/C=C\CCCCCCCCCCCC(=O)OCCCCCCCCCCCCCCCCCCCCCCCCCCCC(=O)NC(CO)C(O)/C=C/CCCCCCCCCC. The molecular weight excluding hydrogens is 875 g/mol. The molecule has 0 aromatic carbocycles. The molecule has 6 heteroatoms. The standard InChI is InChI=1S/C65H125NO5/c1-3-5-7-9-11-13-15-16-17-18-26-30-33-36-39-43-47-51-55-59-65(70)71-60-56-52-48-44-40-37-34-31-28-25-23-21-19-20-22-24-27-29-32-35-38-42-46-50-54-58-64(69)66-62(61-67)63(68)57-53-49-45-41-14-12-10-8-6-4-2/h16-17,53,57,62-63,67-68H,3-15,18-52,54-56,58-61H2,1-2H3,(H,66,69)/b17-16-,57-53+. The summed E-state index contributed by atoms with van der Waals surface area (Å²) in [5.74, 6) is -0.0512. The van der Waals surface area contributed by atoms with Crippen LogP contribution in [0.1, 0.15) is 354 Å². The molecule has 3 N–H and O–H groups in total. The fourth-order valence-electron chi connectivity index (χ4n) is 10.0. The first-order valence-corrected chi connectivity index (χ1v) is 32.1. The van der Waals surface area contributed by atoms with Gasteiger partial charge in [0, 0.05) is 12.8 Å². The van der Waals surface area contributed by atoms with E-state index < -0.39 is 12.1 Å². The molecule has 0 aromatic rings. The molecule has 0 aromatic heterocycles. The Bertz CT molecular complexity index is 1110. The van der Waals surface area contributed by atoms with Crippen LogP contribution in [0, 0.1) is 0 Å². The molecule has 2 atom stereocenters. The molecule has 71 heavy (non-hydrogen) atoms. The van der Waals surface area contributed by atoms with Gasteiger partial charge >= 0.3 is 5.97 Å². The van der Waals surface area contributed by atoms with Crippen LogP contribution in [0.2, 0.25) is 0 Å². The third-order valence-electron chi connectivity index (χ3n) is 15.0. The van der Waals surface area contributed by atoms with E-state index in [1.54, 1.807) is 6.08 Å². The normalized spacial score (nSPS) is 12.7. The minimum atomic E-state index is -0.841. The van der Waals surface area contributed by atoms with E-state index in [0.717, 1.165) is 38.5 Å². The van der Waals surface area contributed by atoms with Crippen molar-refractivity contribution >= 4 is 11.9 Å². The third-order valence-corrected chi connectivity index (χ3v) is 15.0. The fraction of sp³-hybridized carbons (Fsp3) is 0.908. The van der Waals surface area contributed by atoms with E-state index in [9.17, 15) is 19.8 Å². The van der Waals surface area contributed by atoms with Gasteiger partial charge in [-0.15, -0.1) is 0 Å². The Kier molecular flexibility index (Phi) is 59.5. The maximum atomic E-state index is 12.4. The molecule has 0 radical (unpaired) electrons. The maximum absolute atomic E-state index is 12.4. The van der Waals surface area contributed by atoms with E-state index >= 15 is 0 Å². The molecule has 420 valence electrons. The van der Waals surface area contributed by atoms with E-state index in [4.69, 9.17) is 4.74 Å². The number of carbonyl (C=O) groups is 2. The summed E-state index contributed by atoms with van der Waals surface area (Å²) in [5, 5.41) is 23.0. The lowest BCUT2D eigenvalue weighted by Gasteiger charge is -2.20. The number of hydrogen-bond acceptors (Lipinski definition) is 5. The number of allylic oxidation sites excluding steroid dienone is 3. The first-order chi connectivity index (χ1) is 35.0. The van der Waals surface area contributed by atoms with Crippen LogP contribution >= 0.6 is 0 Å². The van der Waals surface area contributed by atoms with Gasteiger partial charge in [-0.1, -0.05) is 308 Å². The highest BCUT2D eigenvalue weighted by Crippen LogP contribution is 2.18. The molecule has 0 saturated heterocycles. The van der Waals surface area contributed by atoms with Crippen molar-refractivity contribution in [1.29, 1.82) is 0 Å². The Morgan fingerprint density at radius 3 is 1.00 bits per heavy atom. The Morgan fingerprint density at radius 1 is 0.380 bits per heavy atom. The molecule has 0 fully saturated rings. The van der Waals surface area contributed by atoms with E-state index in [0.29, 0.717) is 19.4 Å². The number of aliphatic hydroxyl groups excluding tert-OH is 2. The number of unbranched alkanes of at least 4 members (excludes halogenated alkanes) is 47. The zero-order chi connectivity index (χ0) is 51.4. The average molecular weight is 1000 g/mol. The molecule has 1 amide bonds. The third kappa shape index (κ3) is 57.5. The zero-order valence-electron chi connectivity index (χ0n) is 48.0. The molecule has 2 unspecified atom stereocenters. The Hall–Kier alpha value is -1.66. The second-order valence-electron chi connectivity index (χ2n) is 22.1. The van der Waals surface area contributed by atoms with E-state index in [2.05, 4.69) is 31.3 Å². The summed E-state index contributed by atoms with van der Waals surface area (Å²) in [6.45, 7) is 4.90. The van der Waals surface area contributed by atoms with Crippen molar-refractivity contribution in [2.75, 3.05) is 13.2 Å². The van der Waals surface area contributed by atoms with Gasteiger partial charge in [-0.05, 0) is 57.8 Å². The average Bonchev–Trinajstić information content (AvgIpc) is 3.37. The van der Waals surface area contributed by atoms with E-state index in [1.165, 1.54) is 289 Å². The summed E-state index contributed by atoms with van der Waals surface area (Å²) in [7, 11) is 0. The molecule has 0 heterocycles. The summed E-state index contributed by atoms with van der Waals surface area (Å²) < 4.78 is 5.50. The fourth-order valence-corrected chi connectivity index (χ4v) is 10.0. The van der Waals surface area contributed by atoms with Crippen molar-refractivity contribution in [3.63, 3.8) is 0 Å². The van der Waals surface area contributed by atoms with Gasteiger partial charge < -0.3 is 20.3 Å². The number of ether oxygens (including phenoxy) is 1. The number of hydrogen-bond donors (Lipinski definition) is 3. The van der Waals surface area contributed by atoms with Crippen LogP contribution in [0.3, 0.4) is 0 Å². The highest BCUT2D eigenvalue weighted by atomic mass is 16.5. The monoisotopic (exact) mass is 1000 g/mol. The molecule has 0 aliphatic heterocycles. The Morgan fingerprint density at radius 2 is 0.662 bits per heavy atom. The second kappa shape index (κ2) is 60.9. The number of amides is 1. The Balaban J connectivity index is 3.33. The van der Waals surface area contributed by atoms with Gasteiger partial charge in [-0.25, -0.2) is 0 Å². The van der Waals surface area contributed by atoms with Crippen molar-refractivity contribution in [2.24, 2.45) is 0 Å². The molecule has 6 nitrogen and oxygen atoms in total. The second-order valence-corrected chi connectivity index (χ2v) is 22.1. The zero-order valence-corrected chi connectivity index (χ0v) is 48.0. The summed E-state index contributed by atoms with van der Waals surface area (Å²) in [4.78, 5) is 24.5. The lowest BCUT2D eigenvalue weighted by atomic mass is 10.0. The highest BCUT2D eigenvalue weighted by Gasteiger charge is 2.18. The number of esters is 1. The molecule has 0 bridgehead atoms. The predicted octanol–water partition coefficient (Wildman–Crippen LogP) is 20.2.